The molecule has 1 aromatic heterocycles. The van der Waals surface area contributed by atoms with Crippen LogP contribution in [0.2, 0.25) is 0 Å². The number of halogens is 2. The van der Waals surface area contributed by atoms with Gasteiger partial charge >= 0.3 is 6.09 Å². The molecule has 0 radical (unpaired) electrons. The van der Waals surface area contributed by atoms with E-state index in [0.717, 1.165) is 0 Å². The number of hydrogen-bond donors (Lipinski definition) is 0. The number of ether oxygens (including phenoxy) is 2. The maximum atomic E-state index is 14.8. The van der Waals surface area contributed by atoms with Crippen molar-refractivity contribution in [3.05, 3.63) is 23.4 Å². The van der Waals surface area contributed by atoms with Crippen molar-refractivity contribution in [2.45, 2.75) is 70.2 Å². The Hall–Kier alpha value is -1.94. The summed E-state index contributed by atoms with van der Waals surface area (Å²) in [5.41, 5.74) is -0.148. The van der Waals surface area contributed by atoms with E-state index in [1.165, 1.54) is 30.5 Å². The van der Waals surface area contributed by atoms with Crippen LogP contribution in [0, 0.1) is 0 Å². The molecule has 0 saturated carbocycles. The predicted molar refractivity (Wildman–Crippen MR) is 116 cm³/mol. The number of piperidine rings is 1. The summed E-state index contributed by atoms with van der Waals surface area (Å²) in [5.74, 6) is -4.12. The number of methoxy groups -OCH3 is 1. The first-order chi connectivity index (χ1) is 14.1. The van der Waals surface area contributed by atoms with Crippen LogP contribution in [0.4, 0.5) is 13.6 Å². The Bertz CT molecular complexity index is 822. The van der Waals surface area contributed by atoms with Crippen LogP contribution < -0.4 is 4.74 Å². The Morgan fingerprint density at radius 3 is 2.55 bits per heavy atom. The molecule has 7 nitrogen and oxygen atoms in total. The summed E-state index contributed by atoms with van der Waals surface area (Å²) in [6.45, 7) is 10.2. The van der Waals surface area contributed by atoms with Gasteiger partial charge in [-0.15, -0.1) is 0 Å². The quantitative estimate of drug-likeness (QED) is 0.494. The van der Waals surface area contributed by atoms with Crippen LogP contribution in [0.15, 0.2) is 16.7 Å². The summed E-state index contributed by atoms with van der Waals surface area (Å²) in [7, 11) is 1.40. The van der Waals surface area contributed by atoms with Gasteiger partial charge in [-0.2, -0.15) is 0 Å². The molecule has 0 aromatic carbocycles. The minimum absolute atomic E-state index is 0.0964. The van der Waals surface area contributed by atoms with Gasteiger partial charge in [0.2, 0.25) is 5.88 Å². The number of aromatic nitrogens is 1. The number of rotatable bonds is 4. The van der Waals surface area contributed by atoms with Crippen molar-refractivity contribution in [2.75, 3.05) is 20.2 Å². The Morgan fingerprint density at radius 1 is 1.35 bits per heavy atom. The van der Waals surface area contributed by atoms with Crippen LogP contribution in [0.25, 0.3) is 0 Å². The van der Waals surface area contributed by atoms with Crippen LogP contribution in [-0.2, 0) is 16.1 Å². The fourth-order valence-corrected chi connectivity index (χ4v) is 3.47. The van der Waals surface area contributed by atoms with Crippen LogP contribution in [0.5, 0.6) is 5.88 Å². The van der Waals surface area contributed by atoms with Crippen molar-refractivity contribution < 1.29 is 27.6 Å². The summed E-state index contributed by atoms with van der Waals surface area (Å²) in [6, 6.07) is 1.49. The Labute approximate surface area is 185 Å². The summed E-state index contributed by atoms with van der Waals surface area (Å²) in [4.78, 5) is 17.8. The van der Waals surface area contributed by atoms with Gasteiger partial charge in [-0.25, -0.2) is 18.6 Å². The third-order valence-electron chi connectivity index (χ3n) is 4.59. The number of carbonyl (C=O) groups is 1. The first kappa shape index (κ1) is 25.3. The maximum Gasteiger partial charge on any atom is 0.410 e. The van der Waals surface area contributed by atoms with Gasteiger partial charge in [-0.1, -0.05) is 4.40 Å². The van der Waals surface area contributed by atoms with Gasteiger partial charge in [-0.05, 0) is 53.2 Å². The van der Waals surface area contributed by atoms with Crippen LogP contribution in [-0.4, -0.2) is 63.2 Å². The van der Waals surface area contributed by atoms with Gasteiger partial charge in [-0.3, -0.25) is 0 Å². The molecule has 1 amide bonds. The van der Waals surface area contributed by atoms with E-state index in [2.05, 4.69) is 9.38 Å². The SMILES string of the molecule is COc1ncc(C2CN(C(=O)OC(C)(C)C)CCC2(F)F)cc1C=N[S+]([O-])C(C)(C)C. The fourth-order valence-electron chi connectivity index (χ4n) is 2.95. The molecule has 2 rings (SSSR count). The molecular formula is C21H31F2N3O4S. The van der Waals surface area contributed by atoms with E-state index >= 15 is 0 Å². The van der Waals surface area contributed by atoms with Gasteiger partial charge < -0.3 is 18.9 Å². The van der Waals surface area contributed by atoms with E-state index < -0.39 is 46.1 Å². The second-order valence-electron chi connectivity index (χ2n) is 9.45. The lowest BCUT2D eigenvalue weighted by atomic mass is 9.87. The number of amides is 1. The molecule has 10 heteroatoms. The van der Waals surface area contributed by atoms with Gasteiger partial charge in [0.05, 0.1) is 24.8 Å². The third-order valence-corrected chi connectivity index (χ3v) is 5.93. The van der Waals surface area contributed by atoms with Crippen molar-refractivity contribution in [2.24, 2.45) is 4.40 Å². The number of nitrogens with zero attached hydrogens (tertiary/aromatic N) is 3. The van der Waals surface area contributed by atoms with Crippen LogP contribution in [0.3, 0.4) is 0 Å². The van der Waals surface area contributed by atoms with E-state index in [4.69, 9.17) is 9.47 Å². The Morgan fingerprint density at radius 2 is 2.00 bits per heavy atom. The topological polar surface area (TPSA) is 87.1 Å². The zero-order valence-electron chi connectivity index (χ0n) is 19.1. The van der Waals surface area contributed by atoms with Gasteiger partial charge in [0, 0.05) is 25.7 Å². The van der Waals surface area contributed by atoms with Crippen molar-refractivity contribution in [3.63, 3.8) is 0 Å². The zero-order chi connectivity index (χ0) is 23.6. The summed E-state index contributed by atoms with van der Waals surface area (Å²) in [6.07, 6.45) is 1.52. The number of carbonyl (C=O) groups excluding carboxylic acids is 1. The molecule has 0 N–H and O–H groups in total. The first-order valence-electron chi connectivity index (χ1n) is 10.00. The predicted octanol–water partition coefficient (Wildman–Crippen LogP) is 4.33. The number of hydrogen-bond acceptors (Lipinski definition) is 6. The van der Waals surface area contributed by atoms with E-state index in [1.54, 1.807) is 41.5 Å². The Kier molecular flexibility index (Phi) is 7.58. The molecule has 174 valence electrons. The molecule has 2 heterocycles. The minimum Gasteiger partial charge on any atom is -0.591 e. The average Bonchev–Trinajstić information content (AvgIpc) is 2.63. The van der Waals surface area contributed by atoms with E-state index in [9.17, 15) is 18.1 Å². The van der Waals surface area contributed by atoms with Crippen molar-refractivity contribution in [3.8, 4) is 5.88 Å². The van der Waals surface area contributed by atoms with Gasteiger partial charge in [0.1, 0.15) is 21.7 Å². The minimum atomic E-state index is -3.03. The fraction of sp³-hybridized carbons (Fsp3) is 0.667. The monoisotopic (exact) mass is 459 g/mol. The molecule has 1 fully saturated rings. The Balaban J connectivity index is 2.34. The van der Waals surface area contributed by atoms with Crippen molar-refractivity contribution in [1.82, 2.24) is 9.88 Å². The lowest BCUT2D eigenvalue weighted by Crippen LogP contribution is -2.49. The molecule has 0 spiro atoms. The smallest absolute Gasteiger partial charge is 0.410 e. The van der Waals surface area contributed by atoms with Crippen molar-refractivity contribution in [1.29, 1.82) is 0 Å². The second kappa shape index (κ2) is 9.28. The van der Waals surface area contributed by atoms with Crippen LogP contribution in [0.1, 0.15) is 65.0 Å². The maximum absolute atomic E-state index is 14.8. The summed E-state index contributed by atoms with van der Waals surface area (Å²) >= 11 is -1.53. The second-order valence-corrected chi connectivity index (χ2v) is 11.4. The molecule has 2 atom stereocenters. The largest absolute Gasteiger partial charge is 0.591 e. The summed E-state index contributed by atoms with van der Waals surface area (Å²) in [5, 5.41) is 0. The van der Waals surface area contributed by atoms with Gasteiger partial charge in [0.15, 0.2) is 0 Å². The number of likely N-dealkylation sites (tertiary alicyclic amines) is 1. The highest BCUT2D eigenvalue weighted by atomic mass is 32.2. The zero-order valence-corrected chi connectivity index (χ0v) is 19.9. The molecule has 1 aromatic rings. The number of alkyl halides is 2. The lowest BCUT2D eigenvalue weighted by Gasteiger charge is -2.39. The third kappa shape index (κ3) is 6.77. The molecule has 2 unspecified atom stereocenters. The molecule has 1 aliphatic heterocycles. The van der Waals surface area contributed by atoms with E-state index in [-0.39, 0.29) is 24.5 Å². The highest BCUT2D eigenvalue weighted by molar-refractivity contribution is 7.91. The number of pyridine rings is 1. The lowest BCUT2D eigenvalue weighted by molar-refractivity contribution is -0.0771. The highest BCUT2D eigenvalue weighted by Gasteiger charge is 2.47. The molecule has 31 heavy (non-hydrogen) atoms. The summed E-state index contributed by atoms with van der Waals surface area (Å²) < 4.78 is 55.8. The molecule has 0 bridgehead atoms. The van der Waals surface area contributed by atoms with E-state index in [0.29, 0.717) is 5.56 Å². The highest BCUT2D eigenvalue weighted by Crippen LogP contribution is 2.41. The molecular weight excluding hydrogens is 428 g/mol. The molecule has 1 aliphatic rings. The normalized spacial score (nSPS) is 20.6. The molecule has 1 saturated heterocycles. The van der Waals surface area contributed by atoms with Crippen molar-refractivity contribution >= 4 is 23.7 Å². The van der Waals surface area contributed by atoms with Crippen LogP contribution >= 0.6 is 0 Å². The standard InChI is InChI=1S/C21H31F2N3O4S/c1-19(2,3)30-18(27)26-9-8-21(22,23)16(13-26)14-10-15(17(29-7)24-11-14)12-25-31(28)20(4,5)6/h10-12,16H,8-9,13H2,1-7H3. The average molecular weight is 460 g/mol. The first-order valence-corrected chi connectivity index (χ1v) is 11.1. The van der Waals surface area contributed by atoms with E-state index in [1.807, 2.05) is 0 Å². The molecule has 0 aliphatic carbocycles. The van der Waals surface area contributed by atoms with Gasteiger partial charge in [0.25, 0.3) is 5.92 Å².